The number of hydrogen-bond acceptors (Lipinski definition) is 5. The molecule has 1 atom stereocenters. The number of carbonyl (C=O) groups is 2. The van der Waals surface area contributed by atoms with Gasteiger partial charge in [0.25, 0.3) is 0 Å². The van der Waals surface area contributed by atoms with Crippen LogP contribution < -0.4 is 10.1 Å². The lowest BCUT2D eigenvalue weighted by molar-refractivity contribution is -0.131. The molecule has 1 aliphatic carbocycles. The van der Waals surface area contributed by atoms with Crippen LogP contribution in [0.2, 0.25) is 0 Å². The van der Waals surface area contributed by atoms with E-state index in [-0.39, 0.29) is 24.0 Å². The fourth-order valence-corrected chi connectivity index (χ4v) is 5.05. The van der Waals surface area contributed by atoms with Gasteiger partial charge in [0.15, 0.2) is 0 Å². The monoisotopic (exact) mass is 465 g/mol. The van der Waals surface area contributed by atoms with Gasteiger partial charge in [-0.25, -0.2) is 4.79 Å². The molecule has 34 heavy (non-hydrogen) atoms. The minimum Gasteiger partial charge on any atom is -0.490 e. The topological polar surface area (TPSA) is 73.9 Å². The molecule has 1 saturated carbocycles. The second-order valence-electron chi connectivity index (χ2n) is 9.41. The van der Waals surface area contributed by atoms with Crippen LogP contribution in [-0.2, 0) is 19.7 Å². The molecule has 6 heteroatoms. The van der Waals surface area contributed by atoms with Gasteiger partial charge in [-0.05, 0) is 80.8 Å². The summed E-state index contributed by atoms with van der Waals surface area (Å²) in [5, 5.41) is 3.22. The molecule has 0 aromatic heterocycles. The summed E-state index contributed by atoms with van der Waals surface area (Å²) in [5.41, 5.74) is 1.73. The molecule has 0 radical (unpaired) electrons. The van der Waals surface area contributed by atoms with Gasteiger partial charge in [0, 0.05) is 13.2 Å². The van der Waals surface area contributed by atoms with E-state index < -0.39 is 5.41 Å². The Morgan fingerprint density at radius 1 is 1.03 bits per heavy atom. The van der Waals surface area contributed by atoms with Crippen molar-refractivity contribution < 1.29 is 23.8 Å². The van der Waals surface area contributed by atoms with Gasteiger partial charge in [-0.1, -0.05) is 30.7 Å². The van der Waals surface area contributed by atoms with Crippen molar-refractivity contribution >= 4 is 11.9 Å². The summed E-state index contributed by atoms with van der Waals surface area (Å²) in [6.45, 7) is 3.05. The average molecular weight is 466 g/mol. The molecule has 4 rings (SSSR count). The first-order valence-electron chi connectivity index (χ1n) is 12.4. The maximum atomic E-state index is 13.7. The minimum atomic E-state index is -0.662. The summed E-state index contributed by atoms with van der Waals surface area (Å²) in [6.07, 6.45) is 7.41. The molecule has 6 nitrogen and oxygen atoms in total. The van der Waals surface area contributed by atoms with Crippen molar-refractivity contribution in [1.82, 2.24) is 5.32 Å². The van der Waals surface area contributed by atoms with Crippen molar-refractivity contribution in [3.8, 4) is 5.75 Å². The van der Waals surface area contributed by atoms with E-state index in [0.717, 1.165) is 29.7 Å². The van der Waals surface area contributed by atoms with Gasteiger partial charge < -0.3 is 19.5 Å². The lowest BCUT2D eigenvalue weighted by Gasteiger charge is -2.37. The van der Waals surface area contributed by atoms with Crippen LogP contribution in [0.3, 0.4) is 0 Å². The fraction of sp³-hybridized carbons (Fsp3) is 0.500. The molecule has 1 N–H and O–H groups in total. The summed E-state index contributed by atoms with van der Waals surface area (Å²) < 4.78 is 16.7. The Morgan fingerprint density at radius 2 is 1.74 bits per heavy atom. The van der Waals surface area contributed by atoms with Gasteiger partial charge in [-0.3, -0.25) is 4.79 Å². The van der Waals surface area contributed by atoms with Gasteiger partial charge in [0.05, 0.1) is 30.2 Å². The fourth-order valence-electron chi connectivity index (χ4n) is 5.05. The highest BCUT2D eigenvalue weighted by Gasteiger charge is 2.42. The highest BCUT2D eigenvalue weighted by Crippen LogP contribution is 2.38. The third-order valence-electron chi connectivity index (χ3n) is 7.20. The number of carbonyl (C=O) groups excluding carboxylic acids is 2. The number of benzene rings is 2. The standard InChI is InChI=1S/C28H35NO5/c1-20(21-11-13-22(14-12-21)26(30)32-2)29-27(31)28(15-17-33-18-16-28)23-7-6-10-25(19-23)34-24-8-4-3-5-9-24/h6-7,10-14,19-20,24H,3-5,8-9,15-18H2,1-2H3,(H,29,31)/t20-/m0/s1. The van der Waals surface area contributed by atoms with Gasteiger partial charge in [0.1, 0.15) is 5.75 Å². The number of esters is 1. The molecule has 2 aromatic rings. The molecule has 1 saturated heterocycles. The third-order valence-corrected chi connectivity index (χ3v) is 7.20. The summed E-state index contributed by atoms with van der Waals surface area (Å²) in [4.78, 5) is 25.5. The Labute approximate surface area is 202 Å². The Kier molecular flexibility index (Phi) is 7.88. The normalized spacial score (nSPS) is 19.1. The van der Waals surface area contributed by atoms with E-state index in [1.165, 1.54) is 26.4 Å². The van der Waals surface area contributed by atoms with Crippen LogP contribution in [0.25, 0.3) is 0 Å². The number of amides is 1. The van der Waals surface area contributed by atoms with Gasteiger partial charge in [-0.15, -0.1) is 0 Å². The summed E-state index contributed by atoms with van der Waals surface area (Å²) in [7, 11) is 1.36. The largest absolute Gasteiger partial charge is 0.490 e. The van der Waals surface area contributed by atoms with Crippen molar-refractivity contribution in [3.05, 3.63) is 65.2 Å². The van der Waals surface area contributed by atoms with Crippen LogP contribution in [0, 0.1) is 0 Å². The first-order valence-corrected chi connectivity index (χ1v) is 12.4. The van der Waals surface area contributed by atoms with Crippen molar-refractivity contribution in [3.63, 3.8) is 0 Å². The Balaban J connectivity index is 1.52. The van der Waals surface area contributed by atoms with Crippen LogP contribution >= 0.6 is 0 Å². The maximum Gasteiger partial charge on any atom is 0.337 e. The first-order chi connectivity index (χ1) is 16.5. The number of ether oxygens (including phenoxy) is 3. The van der Waals surface area contributed by atoms with Crippen LogP contribution in [0.5, 0.6) is 5.75 Å². The number of nitrogens with one attached hydrogen (secondary N) is 1. The molecule has 1 amide bonds. The van der Waals surface area contributed by atoms with Crippen molar-refractivity contribution in [2.75, 3.05) is 20.3 Å². The molecule has 0 spiro atoms. The lowest BCUT2D eigenvalue weighted by Crippen LogP contribution is -2.48. The molecule has 2 aromatic carbocycles. The van der Waals surface area contributed by atoms with E-state index in [0.29, 0.717) is 31.6 Å². The molecule has 1 aliphatic heterocycles. The van der Waals surface area contributed by atoms with E-state index in [2.05, 4.69) is 11.4 Å². The third kappa shape index (κ3) is 5.44. The van der Waals surface area contributed by atoms with Crippen LogP contribution in [0.15, 0.2) is 48.5 Å². The van der Waals surface area contributed by atoms with Crippen molar-refractivity contribution in [1.29, 1.82) is 0 Å². The highest BCUT2D eigenvalue weighted by atomic mass is 16.5. The molecular formula is C28H35NO5. The van der Waals surface area contributed by atoms with Gasteiger partial charge >= 0.3 is 5.97 Å². The van der Waals surface area contributed by atoms with Crippen LogP contribution in [-0.4, -0.2) is 38.3 Å². The maximum absolute atomic E-state index is 13.7. The van der Waals surface area contributed by atoms with Gasteiger partial charge in [-0.2, -0.15) is 0 Å². The Morgan fingerprint density at radius 3 is 2.41 bits per heavy atom. The molecular weight excluding hydrogens is 430 g/mol. The zero-order valence-electron chi connectivity index (χ0n) is 20.2. The first kappa shape index (κ1) is 24.3. The SMILES string of the molecule is COC(=O)c1ccc([C@H](C)NC(=O)C2(c3cccc(OC4CCCCC4)c3)CCOCC2)cc1. The zero-order valence-corrected chi connectivity index (χ0v) is 20.2. The Hall–Kier alpha value is -2.86. The molecule has 2 aliphatic rings. The Bertz CT molecular complexity index is 975. The van der Waals surface area contributed by atoms with Crippen LogP contribution in [0.1, 0.15) is 79.4 Å². The minimum absolute atomic E-state index is 0.00448. The highest BCUT2D eigenvalue weighted by molar-refractivity contribution is 5.90. The van der Waals surface area contributed by atoms with Crippen molar-refractivity contribution in [2.24, 2.45) is 0 Å². The predicted octanol–water partition coefficient (Wildman–Crippen LogP) is 5.11. The van der Waals surface area contributed by atoms with Crippen LogP contribution in [0.4, 0.5) is 0 Å². The average Bonchev–Trinajstić information content (AvgIpc) is 2.89. The molecule has 1 heterocycles. The smallest absolute Gasteiger partial charge is 0.337 e. The summed E-state index contributed by atoms with van der Waals surface area (Å²) in [6, 6.07) is 15.0. The molecule has 0 bridgehead atoms. The molecule has 2 fully saturated rings. The predicted molar refractivity (Wildman–Crippen MR) is 130 cm³/mol. The molecule has 0 unspecified atom stereocenters. The van der Waals surface area contributed by atoms with E-state index in [4.69, 9.17) is 14.2 Å². The van der Waals surface area contributed by atoms with E-state index >= 15 is 0 Å². The number of methoxy groups -OCH3 is 1. The number of hydrogen-bond donors (Lipinski definition) is 1. The second-order valence-corrected chi connectivity index (χ2v) is 9.41. The van der Waals surface area contributed by atoms with E-state index in [1.807, 2.05) is 37.3 Å². The zero-order chi connectivity index (χ0) is 24.0. The van der Waals surface area contributed by atoms with E-state index in [1.54, 1.807) is 12.1 Å². The number of rotatable bonds is 7. The summed E-state index contributed by atoms with van der Waals surface area (Å²) >= 11 is 0. The van der Waals surface area contributed by atoms with Crippen molar-refractivity contribution in [2.45, 2.75) is 69.4 Å². The lowest BCUT2D eigenvalue weighted by atomic mass is 9.73. The molecule has 182 valence electrons. The van der Waals surface area contributed by atoms with Gasteiger partial charge in [0.2, 0.25) is 5.91 Å². The second kappa shape index (κ2) is 11.0. The quantitative estimate of drug-likeness (QED) is 0.575. The van der Waals surface area contributed by atoms with E-state index in [9.17, 15) is 9.59 Å². The summed E-state index contributed by atoms with van der Waals surface area (Å²) in [5.74, 6) is 0.462.